The topological polar surface area (TPSA) is 75.9 Å². The maximum atomic E-state index is 13.3. The van der Waals surface area contributed by atoms with E-state index >= 15 is 0 Å². The second-order valence-electron chi connectivity index (χ2n) is 7.47. The van der Waals surface area contributed by atoms with Crippen LogP contribution in [0.15, 0.2) is 36.4 Å². The SMILES string of the molecule is Cc1cc(C)n(-c2ccc(N3CCC(C(=O)Nc4ccc(F)c(F)c4)CC3)nn2)n1. The molecule has 0 spiro atoms. The normalized spacial score (nSPS) is 14.7. The second kappa shape index (κ2) is 8.17. The van der Waals surface area contributed by atoms with E-state index in [1.165, 1.54) is 6.07 Å². The quantitative estimate of drug-likeness (QED) is 0.711. The van der Waals surface area contributed by atoms with Crippen molar-refractivity contribution in [1.29, 1.82) is 0 Å². The third-order valence-corrected chi connectivity index (χ3v) is 5.24. The fourth-order valence-electron chi connectivity index (χ4n) is 3.65. The highest BCUT2D eigenvalue weighted by atomic mass is 19.2. The van der Waals surface area contributed by atoms with Crippen LogP contribution in [0.4, 0.5) is 20.3 Å². The van der Waals surface area contributed by atoms with E-state index in [-0.39, 0.29) is 17.5 Å². The van der Waals surface area contributed by atoms with E-state index in [0.717, 1.165) is 29.3 Å². The highest BCUT2D eigenvalue weighted by Crippen LogP contribution is 2.24. The predicted molar refractivity (Wildman–Crippen MR) is 109 cm³/mol. The first-order valence-corrected chi connectivity index (χ1v) is 9.79. The van der Waals surface area contributed by atoms with Gasteiger partial charge in [-0.05, 0) is 57.0 Å². The van der Waals surface area contributed by atoms with Crippen LogP contribution in [0.25, 0.3) is 5.82 Å². The Bertz CT molecular complexity index is 1060. The number of hydrogen-bond donors (Lipinski definition) is 1. The summed E-state index contributed by atoms with van der Waals surface area (Å²) in [5.74, 6) is -0.899. The number of hydrogen-bond acceptors (Lipinski definition) is 5. The highest BCUT2D eigenvalue weighted by molar-refractivity contribution is 5.92. The van der Waals surface area contributed by atoms with Gasteiger partial charge >= 0.3 is 0 Å². The van der Waals surface area contributed by atoms with E-state index in [1.807, 2.05) is 32.0 Å². The molecule has 1 aliphatic rings. The van der Waals surface area contributed by atoms with Crippen LogP contribution in [-0.4, -0.2) is 39.0 Å². The van der Waals surface area contributed by atoms with Crippen molar-refractivity contribution in [2.75, 3.05) is 23.3 Å². The molecule has 2 aromatic heterocycles. The van der Waals surface area contributed by atoms with E-state index in [2.05, 4.69) is 25.5 Å². The summed E-state index contributed by atoms with van der Waals surface area (Å²) in [5.41, 5.74) is 2.16. The lowest BCUT2D eigenvalue weighted by molar-refractivity contribution is -0.120. The minimum atomic E-state index is -0.981. The summed E-state index contributed by atoms with van der Waals surface area (Å²) < 4.78 is 28.1. The van der Waals surface area contributed by atoms with Crippen LogP contribution in [-0.2, 0) is 4.79 Å². The number of amides is 1. The van der Waals surface area contributed by atoms with Gasteiger partial charge < -0.3 is 10.2 Å². The summed E-state index contributed by atoms with van der Waals surface area (Å²) in [4.78, 5) is 14.5. The molecule has 4 rings (SSSR count). The third kappa shape index (κ3) is 4.14. The lowest BCUT2D eigenvalue weighted by Gasteiger charge is -2.31. The molecule has 156 valence electrons. The average Bonchev–Trinajstić information content (AvgIpc) is 3.09. The van der Waals surface area contributed by atoms with Gasteiger partial charge in [0.2, 0.25) is 5.91 Å². The Labute approximate surface area is 172 Å². The van der Waals surface area contributed by atoms with Crippen LogP contribution in [0.1, 0.15) is 24.2 Å². The first kappa shape index (κ1) is 19.9. The zero-order chi connectivity index (χ0) is 21.3. The first-order chi connectivity index (χ1) is 14.4. The number of anilines is 2. The first-order valence-electron chi connectivity index (χ1n) is 9.79. The van der Waals surface area contributed by atoms with Gasteiger partial charge in [-0.15, -0.1) is 10.2 Å². The van der Waals surface area contributed by atoms with Crippen molar-refractivity contribution in [1.82, 2.24) is 20.0 Å². The average molecular weight is 412 g/mol. The fourth-order valence-corrected chi connectivity index (χ4v) is 3.65. The molecule has 7 nitrogen and oxygen atoms in total. The molecule has 0 aliphatic carbocycles. The second-order valence-corrected chi connectivity index (χ2v) is 7.47. The largest absolute Gasteiger partial charge is 0.355 e. The number of halogens is 2. The number of nitrogens with one attached hydrogen (secondary N) is 1. The standard InChI is InChI=1S/C21H22F2N6O/c1-13-11-14(2)29(27-13)20-6-5-19(25-26-20)28-9-7-15(8-10-28)21(30)24-16-3-4-17(22)18(23)12-16/h3-6,11-12,15H,7-10H2,1-2H3,(H,24,30). The van der Waals surface area contributed by atoms with Gasteiger partial charge in [0.25, 0.3) is 0 Å². The summed E-state index contributed by atoms with van der Waals surface area (Å²) in [6.45, 7) is 5.21. The van der Waals surface area contributed by atoms with E-state index in [9.17, 15) is 13.6 Å². The molecule has 1 saturated heterocycles. The molecule has 0 unspecified atom stereocenters. The molecule has 9 heteroatoms. The molecule has 0 atom stereocenters. The zero-order valence-electron chi connectivity index (χ0n) is 16.8. The smallest absolute Gasteiger partial charge is 0.227 e. The molecule has 1 fully saturated rings. The Balaban J connectivity index is 1.35. The van der Waals surface area contributed by atoms with Crippen molar-refractivity contribution in [3.63, 3.8) is 0 Å². The Hall–Kier alpha value is -3.36. The molecule has 1 N–H and O–H groups in total. The van der Waals surface area contributed by atoms with Gasteiger partial charge in [-0.25, -0.2) is 13.5 Å². The van der Waals surface area contributed by atoms with Crippen molar-refractivity contribution in [3.8, 4) is 5.82 Å². The summed E-state index contributed by atoms with van der Waals surface area (Å²) >= 11 is 0. The number of carbonyl (C=O) groups is 1. The van der Waals surface area contributed by atoms with E-state index in [4.69, 9.17) is 0 Å². The van der Waals surface area contributed by atoms with Gasteiger partial charge in [0.15, 0.2) is 23.3 Å². The molecule has 1 aromatic carbocycles. The van der Waals surface area contributed by atoms with Crippen molar-refractivity contribution >= 4 is 17.4 Å². The summed E-state index contributed by atoms with van der Waals surface area (Å²) in [6.07, 6.45) is 1.27. The van der Waals surface area contributed by atoms with Gasteiger partial charge in [0.1, 0.15) is 0 Å². The van der Waals surface area contributed by atoms with Crippen LogP contribution >= 0.6 is 0 Å². The maximum Gasteiger partial charge on any atom is 0.227 e. The Kier molecular flexibility index (Phi) is 5.43. The third-order valence-electron chi connectivity index (χ3n) is 5.24. The van der Waals surface area contributed by atoms with E-state index < -0.39 is 11.6 Å². The molecule has 1 amide bonds. The van der Waals surface area contributed by atoms with Gasteiger partial charge in [0, 0.05) is 36.5 Å². The molecule has 3 aromatic rings. The Morgan fingerprint density at radius 3 is 2.30 bits per heavy atom. The lowest BCUT2D eigenvalue weighted by Crippen LogP contribution is -2.38. The number of nitrogens with zero attached hydrogens (tertiary/aromatic N) is 5. The van der Waals surface area contributed by atoms with Crippen LogP contribution in [0.2, 0.25) is 0 Å². The number of aromatic nitrogens is 4. The van der Waals surface area contributed by atoms with Gasteiger partial charge in [-0.1, -0.05) is 0 Å². The zero-order valence-corrected chi connectivity index (χ0v) is 16.8. The summed E-state index contributed by atoms with van der Waals surface area (Å²) in [6, 6.07) is 9.10. The van der Waals surface area contributed by atoms with Crippen molar-refractivity contribution < 1.29 is 13.6 Å². The fraction of sp³-hybridized carbons (Fsp3) is 0.333. The minimum absolute atomic E-state index is 0.188. The van der Waals surface area contributed by atoms with Crippen molar-refractivity contribution in [2.45, 2.75) is 26.7 Å². The van der Waals surface area contributed by atoms with E-state index in [0.29, 0.717) is 31.7 Å². The predicted octanol–water partition coefficient (Wildman–Crippen LogP) is 3.41. The summed E-state index contributed by atoms with van der Waals surface area (Å²) in [5, 5.41) is 15.7. The van der Waals surface area contributed by atoms with Gasteiger partial charge in [0.05, 0.1) is 5.69 Å². The van der Waals surface area contributed by atoms with Crippen molar-refractivity contribution in [3.05, 3.63) is 59.4 Å². The number of piperidine rings is 1. The van der Waals surface area contributed by atoms with Gasteiger partial charge in [-0.3, -0.25) is 4.79 Å². The molecule has 0 bridgehead atoms. The molecule has 0 radical (unpaired) electrons. The Morgan fingerprint density at radius 1 is 1.00 bits per heavy atom. The van der Waals surface area contributed by atoms with Gasteiger partial charge in [-0.2, -0.15) is 5.10 Å². The molecule has 0 saturated carbocycles. The number of rotatable bonds is 4. The molecule has 30 heavy (non-hydrogen) atoms. The van der Waals surface area contributed by atoms with Crippen LogP contribution < -0.4 is 10.2 Å². The number of aryl methyl sites for hydroxylation is 2. The number of benzene rings is 1. The van der Waals surface area contributed by atoms with Crippen LogP contribution in [0.3, 0.4) is 0 Å². The van der Waals surface area contributed by atoms with Crippen molar-refractivity contribution in [2.24, 2.45) is 5.92 Å². The van der Waals surface area contributed by atoms with Crippen LogP contribution in [0, 0.1) is 31.4 Å². The molecule has 1 aliphatic heterocycles. The molecular formula is C21H22F2N6O. The summed E-state index contributed by atoms with van der Waals surface area (Å²) in [7, 11) is 0. The Morgan fingerprint density at radius 2 is 1.70 bits per heavy atom. The van der Waals surface area contributed by atoms with E-state index in [1.54, 1.807) is 4.68 Å². The lowest BCUT2D eigenvalue weighted by atomic mass is 9.96. The molecule has 3 heterocycles. The minimum Gasteiger partial charge on any atom is -0.355 e. The van der Waals surface area contributed by atoms with Crippen LogP contribution in [0.5, 0.6) is 0 Å². The maximum absolute atomic E-state index is 13.3. The monoisotopic (exact) mass is 412 g/mol. The number of carbonyl (C=O) groups excluding carboxylic acids is 1. The molecular weight excluding hydrogens is 390 g/mol. The highest BCUT2D eigenvalue weighted by Gasteiger charge is 2.26.